The summed E-state index contributed by atoms with van der Waals surface area (Å²) in [5.41, 5.74) is 6.59. The fourth-order valence-corrected chi connectivity index (χ4v) is 1.97. The lowest BCUT2D eigenvalue weighted by Crippen LogP contribution is -2.31. The zero-order chi connectivity index (χ0) is 12.4. The second kappa shape index (κ2) is 4.71. The van der Waals surface area contributed by atoms with Gasteiger partial charge in [0.1, 0.15) is 11.7 Å². The fraction of sp³-hybridized carbons (Fsp3) is 0.417. The summed E-state index contributed by atoms with van der Waals surface area (Å²) in [5, 5.41) is 16.5. The monoisotopic (exact) mass is 237 g/mol. The van der Waals surface area contributed by atoms with Crippen LogP contribution in [0.25, 0.3) is 0 Å². The van der Waals surface area contributed by atoms with Crippen LogP contribution in [-0.2, 0) is 0 Å². The normalized spacial score (nSPS) is 14.7. The number of nitrogen functional groups attached to an aromatic ring is 1. The summed E-state index contributed by atoms with van der Waals surface area (Å²) in [6.45, 7) is 0.516. The number of nitrogens with zero attached hydrogens (tertiary/aromatic N) is 1. The van der Waals surface area contributed by atoms with Crippen LogP contribution in [0.4, 0.5) is 10.1 Å². The van der Waals surface area contributed by atoms with Crippen LogP contribution in [0.5, 0.6) is 0 Å². The maximum absolute atomic E-state index is 13.2. The molecule has 5 heteroatoms. The summed E-state index contributed by atoms with van der Waals surface area (Å²) in [4.78, 5) is 2.00. The molecule has 1 fully saturated rings. The van der Waals surface area contributed by atoms with Crippen molar-refractivity contribution in [2.75, 3.05) is 18.1 Å². The van der Waals surface area contributed by atoms with Crippen LogP contribution in [0, 0.1) is 11.2 Å². The molecule has 4 N–H and O–H groups in total. The smallest absolute Gasteiger partial charge is 0.125 e. The molecule has 0 aliphatic heterocycles. The summed E-state index contributed by atoms with van der Waals surface area (Å²) in [6.07, 6.45) is 2.13. The van der Waals surface area contributed by atoms with E-state index < -0.39 is 5.82 Å². The number of hydrogen-bond acceptors (Lipinski definition) is 3. The maximum atomic E-state index is 13.2. The first kappa shape index (κ1) is 11.9. The van der Waals surface area contributed by atoms with Gasteiger partial charge in [0.25, 0.3) is 0 Å². The van der Waals surface area contributed by atoms with E-state index in [1.807, 2.05) is 4.90 Å². The Morgan fingerprint density at radius 1 is 1.53 bits per heavy atom. The summed E-state index contributed by atoms with van der Waals surface area (Å²) in [7, 11) is 0. The number of anilines is 1. The molecule has 0 atom stereocenters. The second-order valence-corrected chi connectivity index (χ2v) is 4.22. The Labute approximate surface area is 99.4 Å². The summed E-state index contributed by atoms with van der Waals surface area (Å²) >= 11 is 0. The van der Waals surface area contributed by atoms with Crippen molar-refractivity contribution < 1.29 is 9.50 Å². The van der Waals surface area contributed by atoms with Crippen molar-refractivity contribution in [1.82, 2.24) is 0 Å². The van der Waals surface area contributed by atoms with Gasteiger partial charge in [0.05, 0.1) is 6.61 Å². The first-order valence-electron chi connectivity index (χ1n) is 5.65. The Balaban J connectivity index is 2.37. The highest BCUT2D eigenvalue weighted by atomic mass is 19.1. The van der Waals surface area contributed by atoms with E-state index in [0.717, 1.165) is 18.5 Å². The predicted molar refractivity (Wildman–Crippen MR) is 64.9 cm³/mol. The van der Waals surface area contributed by atoms with Crippen LogP contribution < -0.4 is 10.6 Å². The van der Waals surface area contributed by atoms with E-state index in [1.54, 1.807) is 6.07 Å². The Bertz CT molecular complexity index is 432. The zero-order valence-corrected chi connectivity index (χ0v) is 9.49. The van der Waals surface area contributed by atoms with Gasteiger partial charge in [-0.05, 0) is 31.0 Å². The van der Waals surface area contributed by atoms with Gasteiger partial charge in [-0.2, -0.15) is 0 Å². The number of aliphatic hydroxyl groups excluding tert-OH is 1. The summed E-state index contributed by atoms with van der Waals surface area (Å²) < 4.78 is 13.2. The molecule has 2 rings (SSSR count). The molecule has 0 radical (unpaired) electrons. The number of halogens is 1. The number of benzene rings is 1. The highest BCUT2D eigenvalue weighted by Gasteiger charge is 2.30. The van der Waals surface area contributed by atoms with Gasteiger partial charge in [0.15, 0.2) is 0 Å². The number of rotatable bonds is 5. The molecule has 1 aromatic rings. The molecular weight excluding hydrogens is 221 g/mol. The standard InChI is InChI=1S/C12H16FN3O/c13-8-1-4-11(10(7-8)12(14)15)16(5-6-17)9-2-3-9/h1,4,7,9,17H,2-3,5-6H2,(H3,14,15). The molecule has 1 aromatic carbocycles. The van der Waals surface area contributed by atoms with E-state index in [9.17, 15) is 4.39 Å². The average molecular weight is 237 g/mol. The summed E-state index contributed by atoms with van der Waals surface area (Å²) in [6, 6.07) is 4.63. The molecule has 1 saturated carbocycles. The molecule has 0 bridgehead atoms. The minimum Gasteiger partial charge on any atom is -0.395 e. The molecule has 1 aliphatic carbocycles. The van der Waals surface area contributed by atoms with E-state index in [1.165, 1.54) is 12.1 Å². The van der Waals surface area contributed by atoms with Gasteiger partial charge in [0, 0.05) is 23.8 Å². The van der Waals surface area contributed by atoms with Crippen molar-refractivity contribution in [3.8, 4) is 0 Å². The number of nitrogens with one attached hydrogen (secondary N) is 1. The van der Waals surface area contributed by atoms with Crippen LogP contribution in [0.3, 0.4) is 0 Å². The minimum atomic E-state index is -0.404. The molecule has 0 heterocycles. The highest BCUT2D eigenvalue weighted by molar-refractivity contribution is 6.00. The van der Waals surface area contributed by atoms with E-state index in [4.69, 9.17) is 16.2 Å². The quantitative estimate of drug-likeness (QED) is 0.530. The third-order valence-corrected chi connectivity index (χ3v) is 2.89. The Morgan fingerprint density at radius 2 is 2.24 bits per heavy atom. The number of nitrogens with two attached hydrogens (primary N) is 1. The average Bonchev–Trinajstić information content (AvgIpc) is 3.10. The van der Waals surface area contributed by atoms with Crippen molar-refractivity contribution in [3.63, 3.8) is 0 Å². The van der Waals surface area contributed by atoms with Crippen LogP contribution >= 0.6 is 0 Å². The van der Waals surface area contributed by atoms with E-state index in [2.05, 4.69) is 0 Å². The molecule has 1 aliphatic rings. The van der Waals surface area contributed by atoms with Gasteiger partial charge in [-0.1, -0.05) is 0 Å². The Hall–Kier alpha value is -1.62. The molecule has 0 spiro atoms. The van der Waals surface area contributed by atoms with Gasteiger partial charge < -0.3 is 15.7 Å². The lowest BCUT2D eigenvalue weighted by atomic mass is 10.1. The second-order valence-electron chi connectivity index (χ2n) is 4.22. The predicted octanol–water partition coefficient (Wildman–Crippen LogP) is 1.07. The molecule has 0 amide bonds. The maximum Gasteiger partial charge on any atom is 0.125 e. The number of aliphatic hydroxyl groups is 1. The van der Waals surface area contributed by atoms with Crippen molar-refractivity contribution in [3.05, 3.63) is 29.6 Å². The van der Waals surface area contributed by atoms with Gasteiger partial charge in [0.2, 0.25) is 0 Å². The lowest BCUT2D eigenvalue weighted by Gasteiger charge is -2.26. The third-order valence-electron chi connectivity index (χ3n) is 2.89. The zero-order valence-electron chi connectivity index (χ0n) is 9.49. The molecule has 0 unspecified atom stereocenters. The van der Waals surface area contributed by atoms with Gasteiger partial charge in [-0.25, -0.2) is 4.39 Å². The molecule has 0 aromatic heterocycles. The highest BCUT2D eigenvalue weighted by Crippen LogP contribution is 2.33. The van der Waals surface area contributed by atoms with Gasteiger partial charge >= 0.3 is 0 Å². The number of amidine groups is 1. The van der Waals surface area contributed by atoms with Gasteiger partial charge in [-0.15, -0.1) is 0 Å². The molecular formula is C12H16FN3O. The van der Waals surface area contributed by atoms with Gasteiger partial charge in [-0.3, -0.25) is 5.41 Å². The van der Waals surface area contributed by atoms with Crippen LogP contribution in [0.1, 0.15) is 18.4 Å². The largest absolute Gasteiger partial charge is 0.395 e. The minimum absolute atomic E-state index is 0.0330. The van der Waals surface area contributed by atoms with Crippen LogP contribution in [-0.4, -0.2) is 30.1 Å². The number of hydrogen-bond donors (Lipinski definition) is 3. The van der Waals surface area contributed by atoms with E-state index in [0.29, 0.717) is 18.2 Å². The van der Waals surface area contributed by atoms with Crippen molar-refractivity contribution in [2.45, 2.75) is 18.9 Å². The SMILES string of the molecule is N=C(N)c1cc(F)ccc1N(CCO)C1CC1. The van der Waals surface area contributed by atoms with Crippen molar-refractivity contribution in [2.24, 2.45) is 5.73 Å². The van der Waals surface area contributed by atoms with Crippen molar-refractivity contribution >= 4 is 11.5 Å². The van der Waals surface area contributed by atoms with Crippen LogP contribution in [0.15, 0.2) is 18.2 Å². The molecule has 92 valence electrons. The topological polar surface area (TPSA) is 73.3 Å². The van der Waals surface area contributed by atoms with E-state index >= 15 is 0 Å². The molecule has 0 saturated heterocycles. The fourth-order valence-electron chi connectivity index (χ4n) is 1.97. The molecule has 4 nitrogen and oxygen atoms in total. The Kier molecular flexibility index (Phi) is 3.28. The Morgan fingerprint density at radius 3 is 2.76 bits per heavy atom. The summed E-state index contributed by atoms with van der Waals surface area (Å²) in [5.74, 6) is -0.554. The lowest BCUT2D eigenvalue weighted by molar-refractivity contribution is 0.301. The van der Waals surface area contributed by atoms with Crippen LogP contribution in [0.2, 0.25) is 0 Å². The third kappa shape index (κ3) is 2.55. The first-order chi connectivity index (χ1) is 8.13. The van der Waals surface area contributed by atoms with E-state index in [-0.39, 0.29) is 12.4 Å². The van der Waals surface area contributed by atoms with Crippen molar-refractivity contribution in [1.29, 1.82) is 5.41 Å². The molecule has 17 heavy (non-hydrogen) atoms. The first-order valence-corrected chi connectivity index (χ1v) is 5.65.